The van der Waals surface area contributed by atoms with E-state index in [4.69, 9.17) is 16.3 Å². The summed E-state index contributed by atoms with van der Waals surface area (Å²) in [6.45, 7) is 0.671. The Hall–Kier alpha value is -2.49. The highest BCUT2D eigenvalue weighted by Gasteiger charge is 2.26. The summed E-state index contributed by atoms with van der Waals surface area (Å²) < 4.78 is 31.5. The Kier molecular flexibility index (Phi) is 7.41. The van der Waals surface area contributed by atoms with Gasteiger partial charge >= 0.3 is 5.97 Å². The fourth-order valence-electron chi connectivity index (χ4n) is 3.04. The van der Waals surface area contributed by atoms with Gasteiger partial charge in [-0.1, -0.05) is 23.7 Å². The highest BCUT2D eigenvalue weighted by atomic mass is 35.5. The number of carbonyl (C=O) groups is 2. The predicted octanol–water partition coefficient (Wildman–Crippen LogP) is 2.63. The molecule has 0 unspecified atom stereocenters. The lowest BCUT2D eigenvalue weighted by Crippen LogP contribution is -2.27. The summed E-state index contributed by atoms with van der Waals surface area (Å²) in [6.07, 6.45) is 3.70. The van der Waals surface area contributed by atoms with Crippen molar-refractivity contribution < 1.29 is 22.7 Å². The minimum absolute atomic E-state index is 0.0686. The number of sulfonamides is 1. The number of rotatable bonds is 8. The number of carbonyl (C=O) groups excluding carboxylic acids is 2. The number of anilines is 1. The van der Waals surface area contributed by atoms with Gasteiger partial charge in [0.25, 0.3) is 5.91 Å². The summed E-state index contributed by atoms with van der Waals surface area (Å²) in [5.74, 6) is -1.05. The van der Waals surface area contributed by atoms with Gasteiger partial charge < -0.3 is 10.1 Å². The third-order valence-electron chi connectivity index (χ3n) is 4.64. The number of aryl methyl sites for hydroxylation is 1. The number of esters is 1. The van der Waals surface area contributed by atoms with Crippen molar-refractivity contribution in [2.75, 3.05) is 25.0 Å². The first kappa shape index (κ1) is 22.2. The first-order chi connectivity index (χ1) is 14.4. The number of hydrogen-bond acceptors (Lipinski definition) is 6. The molecule has 1 amide bonds. The molecule has 10 heteroatoms. The van der Waals surface area contributed by atoms with Crippen LogP contribution < -0.4 is 5.32 Å². The van der Waals surface area contributed by atoms with Crippen LogP contribution in [-0.4, -0.2) is 49.3 Å². The van der Waals surface area contributed by atoms with Crippen molar-refractivity contribution >= 4 is 39.2 Å². The maximum Gasteiger partial charge on any atom is 0.306 e. The molecule has 30 heavy (non-hydrogen) atoms. The van der Waals surface area contributed by atoms with Crippen LogP contribution in [0, 0.1) is 0 Å². The molecule has 0 saturated carbocycles. The number of pyridine rings is 1. The Morgan fingerprint density at radius 2 is 1.83 bits per heavy atom. The van der Waals surface area contributed by atoms with E-state index in [0.29, 0.717) is 25.2 Å². The fourth-order valence-corrected chi connectivity index (χ4v) is 4.72. The average molecular weight is 452 g/mol. The van der Waals surface area contributed by atoms with Crippen LogP contribution in [0.15, 0.2) is 47.5 Å². The molecular formula is C20H22ClN3O5S. The molecule has 8 nitrogen and oxygen atoms in total. The topological polar surface area (TPSA) is 106 Å². The number of amides is 1. The predicted molar refractivity (Wildman–Crippen MR) is 112 cm³/mol. The van der Waals surface area contributed by atoms with Gasteiger partial charge in [0.15, 0.2) is 11.8 Å². The molecule has 0 atom stereocenters. The van der Waals surface area contributed by atoms with Gasteiger partial charge in [-0.2, -0.15) is 4.31 Å². The maximum absolute atomic E-state index is 12.5. The Labute approximate surface area is 180 Å². The summed E-state index contributed by atoms with van der Waals surface area (Å²) in [5, 5.41) is 2.66. The van der Waals surface area contributed by atoms with E-state index in [1.807, 2.05) is 0 Å². The van der Waals surface area contributed by atoms with E-state index >= 15 is 0 Å². The van der Waals surface area contributed by atoms with Gasteiger partial charge in [-0.15, -0.1) is 0 Å². The molecule has 2 heterocycles. The number of hydrogen-bond donors (Lipinski definition) is 1. The van der Waals surface area contributed by atoms with Crippen LogP contribution in [0.2, 0.25) is 5.15 Å². The van der Waals surface area contributed by atoms with E-state index < -0.39 is 28.5 Å². The van der Waals surface area contributed by atoms with Crippen molar-refractivity contribution in [3.63, 3.8) is 0 Å². The lowest BCUT2D eigenvalue weighted by Gasteiger charge is -2.15. The van der Waals surface area contributed by atoms with E-state index in [2.05, 4.69) is 10.3 Å². The zero-order chi connectivity index (χ0) is 21.6. The first-order valence-electron chi connectivity index (χ1n) is 9.51. The van der Waals surface area contributed by atoms with Crippen molar-refractivity contribution in [1.82, 2.24) is 9.29 Å². The van der Waals surface area contributed by atoms with E-state index in [1.165, 1.54) is 10.5 Å². The second-order valence-corrected chi connectivity index (χ2v) is 9.10. The lowest BCUT2D eigenvalue weighted by molar-refractivity contribution is -0.147. The summed E-state index contributed by atoms with van der Waals surface area (Å²) >= 11 is 5.85. The van der Waals surface area contributed by atoms with Gasteiger partial charge in [0.05, 0.1) is 10.6 Å². The molecule has 1 N–H and O–H groups in total. The zero-order valence-corrected chi connectivity index (χ0v) is 17.8. The van der Waals surface area contributed by atoms with E-state index in [0.717, 1.165) is 18.4 Å². The van der Waals surface area contributed by atoms with Crippen molar-refractivity contribution in [3.05, 3.63) is 53.3 Å². The highest BCUT2D eigenvalue weighted by Crippen LogP contribution is 2.21. The van der Waals surface area contributed by atoms with Crippen LogP contribution in [0.1, 0.15) is 24.8 Å². The molecule has 3 rings (SSSR count). The third kappa shape index (κ3) is 5.78. The number of benzene rings is 1. The summed E-state index contributed by atoms with van der Waals surface area (Å²) in [7, 11) is -3.45. The van der Waals surface area contributed by atoms with Crippen LogP contribution in [0.25, 0.3) is 0 Å². The number of nitrogens with zero attached hydrogens (tertiary/aromatic N) is 2. The lowest BCUT2D eigenvalue weighted by atomic mass is 10.1. The molecule has 0 bridgehead atoms. The van der Waals surface area contributed by atoms with Gasteiger partial charge in [-0.25, -0.2) is 13.4 Å². The Balaban J connectivity index is 1.44. The SMILES string of the molecule is O=C(COC(=O)CCc1ccc(S(=O)(=O)N2CCCC2)cc1)Nc1cccnc1Cl. The minimum Gasteiger partial charge on any atom is -0.456 e. The standard InChI is InChI=1S/C20H22ClN3O5S/c21-20-17(4-3-11-22-20)23-18(25)14-29-19(26)10-7-15-5-8-16(9-6-15)30(27,28)24-12-1-2-13-24/h3-6,8-9,11H,1-2,7,10,12-14H2,(H,23,25). The summed E-state index contributed by atoms with van der Waals surface area (Å²) in [4.78, 5) is 27.8. The van der Waals surface area contributed by atoms with Crippen LogP contribution in [0.3, 0.4) is 0 Å². The van der Waals surface area contributed by atoms with Crippen molar-refractivity contribution in [2.24, 2.45) is 0 Å². The largest absolute Gasteiger partial charge is 0.456 e. The minimum atomic E-state index is -3.45. The molecule has 160 valence electrons. The molecular weight excluding hydrogens is 430 g/mol. The monoisotopic (exact) mass is 451 g/mol. The normalized spacial score (nSPS) is 14.4. The van der Waals surface area contributed by atoms with Crippen LogP contribution in [-0.2, 0) is 30.8 Å². The molecule has 1 aromatic heterocycles. The molecule has 2 aromatic rings. The summed E-state index contributed by atoms with van der Waals surface area (Å²) in [5.41, 5.74) is 1.14. The zero-order valence-electron chi connectivity index (χ0n) is 16.2. The number of nitrogens with one attached hydrogen (secondary N) is 1. The molecule has 0 spiro atoms. The van der Waals surface area contributed by atoms with Crippen molar-refractivity contribution in [1.29, 1.82) is 0 Å². The van der Waals surface area contributed by atoms with Crippen molar-refractivity contribution in [3.8, 4) is 0 Å². The van der Waals surface area contributed by atoms with E-state index in [9.17, 15) is 18.0 Å². The van der Waals surface area contributed by atoms with Crippen LogP contribution in [0.5, 0.6) is 0 Å². The fraction of sp³-hybridized carbons (Fsp3) is 0.350. The van der Waals surface area contributed by atoms with Crippen LogP contribution in [0.4, 0.5) is 5.69 Å². The van der Waals surface area contributed by atoms with Gasteiger partial charge in [0.1, 0.15) is 0 Å². The smallest absolute Gasteiger partial charge is 0.306 e. The van der Waals surface area contributed by atoms with Gasteiger partial charge in [-0.05, 0) is 49.1 Å². The molecule has 1 aliphatic heterocycles. The third-order valence-corrected chi connectivity index (χ3v) is 6.86. The highest BCUT2D eigenvalue weighted by molar-refractivity contribution is 7.89. The quantitative estimate of drug-likeness (QED) is 0.488. The van der Waals surface area contributed by atoms with E-state index in [1.54, 1.807) is 36.4 Å². The molecule has 1 aromatic carbocycles. The summed E-state index contributed by atoms with van der Waals surface area (Å²) in [6, 6.07) is 9.69. The second kappa shape index (κ2) is 10.0. The molecule has 0 radical (unpaired) electrons. The van der Waals surface area contributed by atoms with Gasteiger partial charge in [-0.3, -0.25) is 9.59 Å². The van der Waals surface area contributed by atoms with E-state index in [-0.39, 0.29) is 16.5 Å². The van der Waals surface area contributed by atoms with Gasteiger partial charge in [0, 0.05) is 25.7 Å². The molecule has 1 fully saturated rings. The number of ether oxygens (including phenoxy) is 1. The number of aromatic nitrogens is 1. The Morgan fingerprint density at radius 3 is 2.50 bits per heavy atom. The molecule has 1 saturated heterocycles. The van der Waals surface area contributed by atoms with Gasteiger partial charge in [0.2, 0.25) is 10.0 Å². The molecule has 0 aliphatic carbocycles. The first-order valence-corrected chi connectivity index (χ1v) is 11.3. The van der Waals surface area contributed by atoms with Crippen LogP contribution >= 0.6 is 11.6 Å². The maximum atomic E-state index is 12.5. The number of halogens is 1. The Bertz CT molecular complexity index is 1010. The average Bonchev–Trinajstić information content (AvgIpc) is 3.29. The second-order valence-electron chi connectivity index (χ2n) is 6.81. The molecule has 1 aliphatic rings. The van der Waals surface area contributed by atoms with Crippen molar-refractivity contribution in [2.45, 2.75) is 30.6 Å². The Morgan fingerprint density at radius 1 is 1.13 bits per heavy atom.